The van der Waals surface area contributed by atoms with E-state index in [2.05, 4.69) is 5.32 Å². The van der Waals surface area contributed by atoms with Gasteiger partial charge in [0.05, 0.1) is 6.42 Å². The smallest absolute Gasteiger partial charge is 0.228 e. The van der Waals surface area contributed by atoms with Gasteiger partial charge in [0.1, 0.15) is 0 Å². The number of nitrogen functional groups attached to an aromatic ring is 1. The van der Waals surface area contributed by atoms with E-state index in [1.165, 1.54) is 6.92 Å². The molecule has 4 heteroatoms. The molecule has 0 unspecified atom stereocenters. The number of rotatable bonds is 4. The van der Waals surface area contributed by atoms with Gasteiger partial charge in [0.2, 0.25) is 5.91 Å². The van der Waals surface area contributed by atoms with Crippen LogP contribution in [0.5, 0.6) is 0 Å². The van der Waals surface area contributed by atoms with E-state index in [0.717, 1.165) is 5.56 Å². The lowest BCUT2D eigenvalue weighted by Gasteiger charge is -2.08. The van der Waals surface area contributed by atoms with Crippen molar-refractivity contribution in [2.24, 2.45) is 0 Å². The van der Waals surface area contributed by atoms with Gasteiger partial charge in [0.25, 0.3) is 0 Å². The first-order chi connectivity index (χ1) is 9.56. The van der Waals surface area contributed by atoms with Crippen molar-refractivity contribution in [3.63, 3.8) is 0 Å². The van der Waals surface area contributed by atoms with Crippen LogP contribution in [0.3, 0.4) is 0 Å². The second kappa shape index (κ2) is 6.02. The number of Topliss-reactive ketones (excluding diaryl/α,β-unsaturated/α-hetero) is 1. The fourth-order valence-electron chi connectivity index (χ4n) is 1.89. The summed E-state index contributed by atoms with van der Waals surface area (Å²) >= 11 is 0. The van der Waals surface area contributed by atoms with E-state index >= 15 is 0 Å². The molecule has 0 aliphatic rings. The molecule has 0 saturated carbocycles. The van der Waals surface area contributed by atoms with Crippen LogP contribution in [0.25, 0.3) is 0 Å². The monoisotopic (exact) mass is 268 g/mol. The SMILES string of the molecule is CC(=O)c1cccc(NC(=O)Cc2ccccc2N)c1. The molecular formula is C16H16N2O2. The Labute approximate surface area is 117 Å². The molecular weight excluding hydrogens is 252 g/mol. The quantitative estimate of drug-likeness (QED) is 0.661. The molecule has 102 valence electrons. The van der Waals surface area contributed by atoms with Gasteiger partial charge in [-0.1, -0.05) is 30.3 Å². The Balaban J connectivity index is 2.07. The fraction of sp³-hybridized carbons (Fsp3) is 0.125. The highest BCUT2D eigenvalue weighted by Gasteiger charge is 2.07. The highest BCUT2D eigenvalue weighted by atomic mass is 16.1. The lowest BCUT2D eigenvalue weighted by atomic mass is 10.1. The number of carbonyl (C=O) groups is 2. The molecule has 0 aliphatic carbocycles. The molecule has 0 bridgehead atoms. The van der Waals surface area contributed by atoms with Crippen molar-refractivity contribution in [2.75, 3.05) is 11.1 Å². The zero-order chi connectivity index (χ0) is 14.5. The number of ketones is 1. The van der Waals surface area contributed by atoms with E-state index in [9.17, 15) is 9.59 Å². The molecule has 0 aliphatic heterocycles. The molecule has 2 rings (SSSR count). The second-order valence-corrected chi connectivity index (χ2v) is 4.56. The predicted molar refractivity (Wildman–Crippen MR) is 79.6 cm³/mol. The van der Waals surface area contributed by atoms with Gasteiger partial charge < -0.3 is 11.1 Å². The molecule has 0 fully saturated rings. The first kappa shape index (κ1) is 13.8. The van der Waals surface area contributed by atoms with Crippen LogP contribution >= 0.6 is 0 Å². The molecule has 20 heavy (non-hydrogen) atoms. The third-order valence-electron chi connectivity index (χ3n) is 2.96. The maximum Gasteiger partial charge on any atom is 0.228 e. The van der Waals surface area contributed by atoms with Crippen molar-refractivity contribution in [2.45, 2.75) is 13.3 Å². The van der Waals surface area contributed by atoms with Crippen molar-refractivity contribution < 1.29 is 9.59 Å². The molecule has 0 radical (unpaired) electrons. The number of nitrogens with one attached hydrogen (secondary N) is 1. The Bertz CT molecular complexity index is 650. The largest absolute Gasteiger partial charge is 0.398 e. The third kappa shape index (κ3) is 3.45. The highest BCUT2D eigenvalue weighted by molar-refractivity contribution is 5.97. The van der Waals surface area contributed by atoms with E-state index in [4.69, 9.17) is 5.73 Å². The average Bonchev–Trinajstić information content (AvgIpc) is 2.41. The first-order valence-corrected chi connectivity index (χ1v) is 6.30. The van der Waals surface area contributed by atoms with Gasteiger partial charge in [0, 0.05) is 16.9 Å². The van der Waals surface area contributed by atoms with E-state index in [-0.39, 0.29) is 18.1 Å². The van der Waals surface area contributed by atoms with Crippen LogP contribution < -0.4 is 11.1 Å². The summed E-state index contributed by atoms with van der Waals surface area (Å²) in [6, 6.07) is 14.1. The lowest BCUT2D eigenvalue weighted by molar-refractivity contribution is -0.115. The minimum Gasteiger partial charge on any atom is -0.398 e. The molecule has 2 aromatic carbocycles. The van der Waals surface area contributed by atoms with Gasteiger partial charge in [-0.2, -0.15) is 0 Å². The van der Waals surface area contributed by atoms with Crippen LogP contribution in [0.1, 0.15) is 22.8 Å². The van der Waals surface area contributed by atoms with Crippen molar-refractivity contribution in [3.8, 4) is 0 Å². The van der Waals surface area contributed by atoms with Crippen LogP contribution in [-0.4, -0.2) is 11.7 Å². The first-order valence-electron chi connectivity index (χ1n) is 6.30. The van der Waals surface area contributed by atoms with E-state index < -0.39 is 0 Å². The summed E-state index contributed by atoms with van der Waals surface area (Å²) in [5.41, 5.74) is 8.36. The third-order valence-corrected chi connectivity index (χ3v) is 2.96. The molecule has 3 N–H and O–H groups in total. The van der Waals surface area contributed by atoms with Crippen molar-refractivity contribution in [3.05, 3.63) is 59.7 Å². The van der Waals surface area contributed by atoms with Crippen LogP contribution in [0.4, 0.5) is 11.4 Å². The summed E-state index contributed by atoms with van der Waals surface area (Å²) in [6.07, 6.45) is 0.205. The Morgan fingerprint density at radius 2 is 1.85 bits per heavy atom. The average molecular weight is 268 g/mol. The molecule has 2 aromatic rings. The van der Waals surface area contributed by atoms with Gasteiger partial charge in [-0.25, -0.2) is 0 Å². The molecule has 0 heterocycles. The van der Waals surface area contributed by atoms with Gasteiger partial charge in [-0.3, -0.25) is 9.59 Å². The van der Waals surface area contributed by atoms with Crippen LogP contribution in [-0.2, 0) is 11.2 Å². The maximum absolute atomic E-state index is 12.0. The number of para-hydroxylation sites is 1. The number of anilines is 2. The number of benzene rings is 2. The molecule has 4 nitrogen and oxygen atoms in total. The van der Waals surface area contributed by atoms with Crippen molar-refractivity contribution >= 4 is 23.1 Å². The van der Waals surface area contributed by atoms with Crippen LogP contribution in [0.2, 0.25) is 0 Å². The Hall–Kier alpha value is -2.62. The minimum absolute atomic E-state index is 0.0339. The number of hydrogen-bond acceptors (Lipinski definition) is 3. The van der Waals surface area contributed by atoms with Gasteiger partial charge in [0.15, 0.2) is 5.78 Å². The maximum atomic E-state index is 12.0. The summed E-state index contributed by atoms with van der Waals surface area (Å²) in [5, 5.41) is 2.77. The minimum atomic E-state index is -0.163. The van der Waals surface area contributed by atoms with Gasteiger partial charge in [-0.15, -0.1) is 0 Å². The predicted octanol–water partition coefficient (Wildman–Crippen LogP) is 2.65. The molecule has 0 atom stereocenters. The standard InChI is InChI=1S/C16H16N2O2/c1-11(19)12-6-4-7-14(9-12)18-16(20)10-13-5-2-3-8-15(13)17/h2-9H,10,17H2,1H3,(H,18,20). The van der Waals surface area contributed by atoms with Gasteiger partial charge >= 0.3 is 0 Å². The summed E-state index contributed by atoms with van der Waals surface area (Å²) < 4.78 is 0. The van der Waals surface area contributed by atoms with Crippen LogP contribution in [0, 0.1) is 0 Å². The number of hydrogen-bond donors (Lipinski definition) is 2. The summed E-state index contributed by atoms with van der Waals surface area (Å²) in [7, 11) is 0. The fourth-order valence-corrected chi connectivity index (χ4v) is 1.89. The second-order valence-electron chi connectivity index (χ2n) is 4.56. The van der Waals surface area contributed by atoms with E-state index in [1.54, 1.807) is 30.3 Å². The summed E-state index contributed by atoms with van der Waals surface area (Å²) in [4.78, 5) is 23.3. The van der Waals surface area contributed by atoms with E-state index in [0.29, 0.717) is 16.9 Å². The van der Waals surface area contributed by atoms with E-state index in [1.807, 2.05) is 18.2 Å². The van der Waals surface area contributed by atoms with Crippen LogP contribution in [0.15, 0.2) is 48.5 Å². The normalized spacial score (nSPS) is 10.1. The molecule has 1 amide bonds. The van der Waals surface area contributed by atoms with Gasteiger partial charge in [-0.05, 0) is 30.7 Å². The van der Waals surface area contributed by atoms with Crippen molar-refractivity contribution in [1.82, 2.24) is 0 Å². The zero-order valence-corrected chi connectivity index (χ0v) is 11.2. The molecule has 0 saturated heterocycles. The number of carbonyl (C=O) groups excluding carboxylic acids is 2. The zero-order valence-electron chi connectivity index (χ0n) is 11.2. The summed E-state index contributed by atoms with van der Waals surface area (Å²) in [6.45, 7) is 1.49. The molecule has 0 spiro atoms. The number of nitrogens with two attached hydrogens (primary N) is 1. The highest BCUT2D eigenvalue weighted by Crippen LogP contribution is 2.14. The lowest BCUT2D eigenvalue weighted by Crippen LogP contribution is -2.15. The number of amides is 1. The topological polar surface area (TPSA) is 72.2 Å². The Morgan fingerprint density at radius 3 is 2.55 bits per heavy atom. The van der Waals surface area contributed by atoms with Crippen molar-refractivity contribution in [1.29, 1.82) is 0 Å². The Morgan fingerprint density at radius 1 is 1.10 bits per heavy atom. The summed E-state index contributed by atoms with van der Waals surface area (Å²) in [5.74, 6) is -0.197. The molecule has 0 aromatic heterocycles. The Kier molecular flexibility index (Phi) is 4.15.